The number of hydrogen-bond acceptors (Lipinski definition) is 3. The third-order valence-electron chi connectivity index (χ3n) is 3.95. The highest BCUT2D eigenvalue weighted by atomic mass is 127. The first kappa shape index (κ1) is 20.9. The zero-order valence-corrected chi connectivity index (χ0v) is 17.2. The highest BCUT2D eigenvalue weighted by molar-refractivity contribution is 14.0. The lowest BCUT2D eigenvalue weighted by atomic mass is 10.2. The van der Waals surface area contributed by atoms with E-state index < -0.39 is 0 Å². The second-order valence-corrected chi connectivity index (χ2v) is 6.49. The fourth-order valence-electron chi connectivity index (χ4n) is 2.64. The molecule has 1 saturated carbocycles. The maximum atomic E-state index is 6.10. The van der Waals surface area contributed by atoms with E-state index in [4.69, 9.17) is 15.2 Å². The minimum atomic E-state index is 0. The van der Waals surface area contributed by atoms with Crippen molar-refractivity contribution < 1.29 is 9.47 Å². The Hall–Kier alpha value is -1.18. The summed E-state index contributed by atoms with van der Waals surface area (Å²) in [5.41, 5.74) is 6.94. The van der Waals surface area contributed by atoms with Crippen LogP contribution in [0.15, 0.2) is 23.2 Å². The van der Waals surface area contributed by atoms with Crippen molar-refractivity contribution in [2.75, 3.05) is 13.7 Å². The number of nitrogens with zero attached hydrogens (tertiary/aromatic N) is 1. The Balaban J connectivity index is 0.00000288. The number of guanidine groups is 1. The van der Waals surface area contributed by atoms with Crippen LogP contribution in [0.1, 0.15) is 45.1 Å². The Kier molecular flexibility index (Phi) is 9.25. The molecule has 0 spiro atoms. The summed E-state index contributed by atoms with van der Waals surface area (Å²) in [5, 5.41) is 3.12. The Morgan fingerprint density at radius 1 is 1.29 bits per heavy atom. The lowest BCUT2D eigenvalue weighted by Gasteiger charge is -2.16. The largest absolute Gasteiger partial charge is 0.493 e. The highest BCUT2D eigenvalue weighted by Gasteiger charge is 2.18. The molecular weight excluding hydrogens is 417 g/mol. The number of ether oxygens (including phenoxy) is 2. The van der Waals surface area contributed by atoms with Crippen molar-refractivity contribution in [2.24, 2.45) is 16.6 Å². The van der Waals surface area contributed by atoms with Gasteiger partial charge in [0.05, 0.1) is 19.8 Å². The lowest BCUT2D eigenvalue weighted by molar-refractivity contribution is 0.200. The van der Waals surface area contributed by atoms with Gasteiger partial charge < -0.3 is 20.5 Å². The predicted octanol–water partition coefficient (Wildman–Crippen LogP) is 3.69. The number of nitrogens with one attached hydrogen (secondary N) is 1. The quantitative estimate of drug-likeness (QED) is 0.380. The summed E-state index contributed by atoms with van der Waals surface area (Å²) in [4.78, 5) is 4.38. The van der Waals surface area contributed by atoms with Gasteiger partial charge in [-0.25, -0.2) is 4.99 Å². The van der Waals surface area contributed by atoms with E-state index in [2.05, 4.69) is 24.2 Å². The van der Waals surface area contributed by atoms with Gasteiger partial charge in [-0.1, -0.05) is 19.9 Å². The lowest BCUT2D eigenvalue weighted by Crippen LogP contribution is -2.34. The molecule has 0 radical (unpaired) electrons. The number of nitrogens with two attached hydrogens (primary N) is 1. The zero-order valence-electron chi connectivity index (χ0n) is 14.9. The Morgan fingerprint density at radius 3 is 2.62 bits per heavy atom. The van der Waals surface area contributed by atoms with Crippen LogP contribution in [0.2, 0.25) is 0 Å². The van der Waals surface area contributed by atoms with Gasteiger partial charge in [0, 0.05) is 6.54 Å². The van der Waals surface area contributed by atoms with E-state index in [-0.39, 0.29) is 24.0 Å². The Morgan fingerprint density at radius 2 is 2.00 bits per heavy atom. The van der Waals surface area contributed by atoms with E-state index in [0.29, 0.717) is 24.5 Å². The van der Waals surface area contributed by atoms with Crippen LogP contribution in [0.3, 0.4) is 0 Å². The number of halogens is 1. The first-order chi connectivity index (χ1) is 11.1. The average molecular weight is 447 g/mol. The fourth-order valence-corrected chi connectivity index (χ4v) is 2.64. The van der Waals surface area contributed by atoms with Crippen molar-refractivity contribution >= 4 is 29.9 Å². The molecular formula is C18H30IN3O2. The molecule has 0 amide bonds. The van der Waals surface area contributed by atoms with Crippen LogP contribution in [0.4, 0.5) is 0 Å². The van der Waals surface area contributed by atoms with Gasteiger partial charge in [0.1, 0.15) is 0 Å². The minimum Gasteiger partial charge on any atom is -0.493 e. The summed E-state index contributed by atoms with van der Waals surface area (Å²) in [5.74, 6) is 2.60. The molecule has 5 nitrogen and oxygen atoms in total. The molecule has 0 bridgehead atoms. The van der Waals surface area contributed by atoms with E-state index in [0.717, 1.165) is 36.4 Å². The first-order valence-corrected chi connectivity index (χ1v) is 8.46. The summed E-state index contributed by atoms with van der Waals surface area (Å²) in [6.45, 7) is 5.63. The van der Waals surface area contributed by atoms with Crippen LogP contribution in [0, 0.1) is 5.92 Å². The van der Waals surface area contributed by atoms with Crippen LogP contribution in [0.25, 0.3) is 0 Å². The molecule has 1 aromatic carbocycles. The summed E-state index contributed by atoms with van der Waals surface area (Å²) in [7, 11) is 1.67. The zero-order chi connectivity index (χ0) is 16.7. The molecule has 0 aliphatic heterocycles. The predicted molar refractivity (Wildman–Crippen MR) is 109 cm³/mol. The molecule has 1 aromatic rings. The number of hydrogen-bond donors (Lipinski definition) is 2. The standard InChI is InChI=1S/C18H29N3O2.HI/c1-13(2)11-20-18(19)21-12-14-8-9-16(22-3)17(10-14)23-15-6-4-5-7-15;/h8-10,13,15H,4-7,11-12H2,1-3H3,(H3,19,20,21);1H. The summed E-state index contributed by atoms with van der Waals surface area (Å²) >= 11 is 0. The van der Waals surface area contributed by atoms with Gasteiger partial charge in [-0.15, -0.1) is 24.0 Å². The number of benzene rings is 1. The van der Waals surface area contributed by atoms with Gasteiger partial charge in [-0.2, -0.15) is 0 Å². The van der Waals surface area contributed by atoms with Crippen LogP contribution >= 0.6 is 24.0 Å². The van der Waals surface area contributed by atoms with E-state index >= 15 is 0 Å². The summed E-state index contributed by atoms with van der Waals surface area (Å²) in [6, 6.07) is 5.95. The molecule has 1 aliphatic rings. The Labute approximate surface area is 162 Å². The van der Waals surface area contributed by atoms with Crippen molar-refractivity contribution in [3.8, 4) is 11.5 Å². The monoisotopic (exact) mass is 447 g/mol. The van der Waals surface area contributed by atoms with Crippen molar-refractivity contribution in [3.05, 3.63) is 23.8 Å². The van der Waals surface area contributed by atoms with Gasteiger partial charge in [0.15, 0.2) is 17.5 Å². The van der Waals surface area contributed by atoms with E-state index in [1.807, 2.05) is 18.2 Å². The third kappa shape index (κ3) is 6.75. The van der Waals surface area contributed by atoms with Crippen molar-refractivity contribution in [2.45, 2.75) is 52.2 Å². The van der Waals surface area contributed by atoms with E-state index in [9.17, 15) is 0 Å². The third-order valence-corrected chi connectivity index (χ3v) is 3.95. The van der Waals surface area contributed by atoms with Gasteiger partial charge in [0.25, 0.3) is 0 Å². The molecule has 0 saturated heterocycles. The normalized spacial score (nSPS) is 15.2. The van der Waals surface area contributed by atoms with Crippen molar-refractivity contribution in [1.82, 2.24) is 5.32 Å². The maximum absolute atomic E-state index is 6.10. The molecule has 24 heavy (non-hydrogen) atoms. The van der Waals surface area contributed by atoms with Gasteiger partial charge >= 0.3 is 0 Å². The average Bonchev–Trinajstić information content (AvgIpc) is 3.04. The molecule has 2 rings (SSSR count). The first-order valence-electron chi connectivity index (χ1n) is 8.46. The SMILES string of the molecule is COc1ccc(CN=C(N)NCC(C)C)cc1OC1CCCC1.I. The van der Waals surface area contributed by atoms with Gasteiger partial charge in [-0.05, 0) is 49.3 Å². The number of aliphatic imine (C=N–C) groups is 1. The molecule has 0 aromatic heterocycles. The second kappa shape index (κ2) is 10.6. The molecule has 136 valence electrons. The number of rotatable bonds is 7. The smallest absolute Gasteiger partial charge is 0.188 e. The van der Waals surface area contributed by atoms with Crippen LogP contribution in [-0.4, -0.2) is 25.7 Å². The topological polar surface area (TPSA) is 68.9 Å². The van der Waals surface area contributed by atoms with Crippen LogP contribution < -0.4 is 20.5 Å². The second-order valence-electron chi connectivity index (χ2n) is 6.49. The summed E-state index contributed by atoms with van der Waals surface area (Å²) < 4.78 is 11.5. The van der Waals surface area contributed by atoms with Crippen LogP contribution in [-0.2, 0) is 6.54 Å². The van der Waals surface area contributed by atoms with Gasteiger partial charge in [0.2, 0.25) is 0 Å². The molecule has 6 heteroatoms. The Bertz CT molecular complexity index is 529. The maximum Gasteiger partial charge on any atom is 0.188 e. The van der Waals surface area contributed by atoms with E-state index in [1.54, 1.807) is 7.11 Å². The molecule has 1 aliphatic carbocycles. The molecule has 0 unspecified atom stereocenters. The fraction of sp³-hybridized carbons (Fsp3) is 0.611. The summed E-state index contributed by atoms with van der Waals surface area (Å²) in [6.07, 6.45) is 5.04. The van der Waals surface area contributed by atoms with Gasteiger partial charge in [-0.3, -0.25) is 0 Å². The minimum absolute atomic E-state index is 0. The van der Waals surface area contributed by atoms with E-state index in [1.165, 1.54) is 12.8 Å². The molecule has 1 fully saturated rings. The number of methoxy groups -OCH3 is 1. The van der Waals surface area contributed by atoms with Crippen molar-refractivity contribution in [1.29, 1.82) is 0 Å². The molecule has 3 N–H and O–H groups in total. The molecule has 0 heterocycles. The van der Waals surface area contributed by atoms with Crippen molar-refractivity contribution in [3.63, 3.8) is 0 Å². The van der Waals surface area contributed by atoms with Crippen LogP contribution in [0.5, 0.6) is 11.5 Å². The highest BCUT2D eigenvalue weighted by Crippen LogP contribution is 2.32. The molecule has 0 atom stereocenters.